The molecule has 1 fully saturated rings. The average Bonchev–Trinajstić information content (AvgIpc) is 3.13. The second kappa shape index (κ2) is 5.17. The van der Waals surface area contributed by atoms with E-state index in [-0.39, 0.29) is 12.2 Å². The Balaban J connectivity index is 1.80. The van der Waals surface area contributed by atoms with Crippen LogP contribution in [-0.2, 0) is 19.3 Å². The lowest BCUT2D eigenvalue weighted by Crippen LogP contribution is -2.24. The first kappa shape index (κ1) is 13.9. The van der Waals surface area contributed by atoms with E-state index in [0.717, 1.165) is 41.8 Å². The van der Waals surface area contributed by atoms with E-state index >= 15 is 0 Å². The highest BCUT2D eigenvalue weighted by molar-refractivity contribution is 9.10. The van der Waals surface area contributed by atoms with Gasteiger partial charge in [-0.25, -0.2) is 0 Å². The number of hydrogen-bond acceptors (Lipinski definition) is 3. The molecule has 3 unspecified atom stereocenters. The van der Waals surface area contributed by atoms with Gasteiger partial charge in [0.2, 0.25) is 0 Å². The topological polar surface area (TPSA) is 30.5 Å². The molecule has 0 saturated carbocycles. The van der Waals surface area contributed by atoms with Crippen LogP contribution in [0.25, 0.3) is 0 Å². The van der Waals surface area contributed by atoms with Gasteiger partial charge in [-0.15, -0.1) is 0 Å². The van der Waals surface area contributed by atoms with Crippen molar-refractivity contribution in [1.29, 1.82) is 0 Å². The molecular weight excluding hydrogens is 330 g/mol. The van der Waals surface area contributed by atoms with Gasteiger partial charge in [0, 0.05) is 35.6 Å². The Morgan fingerprint density at radius 2 is 1.81 bits per heavy atom. The summed E-state index contributed by atoms with van der Waals surface area (Å²) < 4.78 is 13.4. The van der Waals surface area contributed by atoms with Crippen LogP contribution in [0.15, 0.2) is 4.47 Å². The average molecular weight is 352 g/mol. The number of ether oxygens (including phenoxy) is 2. The third kappa shape index (κ3) is 2.27. The van der Waals surface area contributed by atoms with Crippen molar-refractivity contribution < 1.29 is 9.47 Å². The molecule has 0 bridgehead atoms. The Labute approximate surface area is 134 Å². The standard InChI is InChI=1S/C17H22BrNO2/c1-9-6-12-13(8-11-4-3-5-19-11)16-14(7-10(2)20-16)15(18)17(12)21-9/h9-11,19H,3-8H2,1-2H3. The predicted molar refractivity (Wildman–Crippen MR) is 86.5 cm³/mol. The van der Waals surface area contributed by atoms with Crippen LogP contribution in [0.3, 0.4) is 0 Å². The lowest BCUT2D eigenvalue weighted by molar-refractivity contribution is 0.251. The van der Waals surface area contributed by atoms with Crippen molar-refractivity contribution in [1.82, 2.24) is 5.32 Å². The summed E-state index contributed by atoms with van der Waals surface area (Å²) in [5.41, 5.74) is 4.08. The molecule has 1 saturated heterocycles. The summed E-state index contributed by atoms with van der Waals surface area (Å²) in [6.45, 7) is 5.45. The normalized spacial score (nSPS) is 30.0. The molecule has 0 radical (unpaired) electrons. The van der Waals surface area contributed by atoms with Crippen LogP contribution in [0.4, 0.5) is 0 Å². The molecule has 0 aliphatic carbocycles. The van der Waals surface area contributed by atoms with Crippen molar-refractivity contribution in [3.63, 3.8) is 0 Å². The van der Waals surface area contributed by atoms with E-state index in [1.165, 1.54) is 29.5 Å². The quantitative estimate of drug-likeness (QED) is 0.885. The van der Waals surface area contributed by atoms with E-state index in [9.17, 15) is 0 Å². The smallest absolute Gasteiger partial charge is 0.138 e. The van der Waals surface area contributed by atoms with Crippen LogP contribution >= 0.6 is 15.9 Å². The fourth-order valence-corrected chi connectivity index (χ4v) is 4.62. The van der Waals surface area contributed by atoms with Crippen molar-refractivity contribution in [2.75, 3.05) is 6.54 Å². The van der Waals surface area contributed by atoms with Gasteiger partial charge in [0.25, 0.3) is 0 Å². The molecule has 1 aromatic carbocycles. The second-order valence-corrected chi connectivity index (χ2v) is 7.46. The van der Waals surface area contributed by atoms with E-state index < -0.39 is 0 Å². The van der Waals surface area contributed by atoms with E-state index in [0.29, 0.717) is 6.04 Å². The molecular formula is C17H22BrNO2. The van der Waals surface area contributed by atoms with E-state index in [1.54, 1.807) is 0 Å². The number of halogens is 1. The highest BCUT2D eigenvalue weighted by atomic mass is 79.9. The molecule has 0 aromatic heterocycles. The van der Waals surface area contributed by atoms with E-state index in [1.807, 2.05) is 0 Å². The van der Waals surface area contributed by atoms with E-state index in [4.69, 9.17) is 9.47 Å². The summed E-state index contributed by atoms with van der Waals surface area (Å²) in [6.07, 6.45) is 6.15. The molecule has 3 aliphatic heterocycles. The highest BCUT2D eigenvalue weighted by Crippen LogP contribution is 2.49. The second-order valence-electron chi connectivity index (χ2n) is 6.67. The Bertz CT molecular complexity index is 542. The van der Waals surface area contributed by atoms with Crippen molar-refractivity contribution in [3.05, 3.63) is 21.2 Å². The van der Waals surface area contributed by atoms with Gasteiger partial charge in [0.15, 0.2) is 0 Å². The predicted octanol–water partition coefficient (Wildman–Crippen LogP) is 3.39. The lowest BCUT2D eigenvalue weighted by atomic mass is 9.93. The highest BCUT2D eigenvalue weighted by Gasteiger charge is 2.35. The largest absolute Gasteiger partial charge is 0.490 e. The molecule has 4 rings (SSSR count). The van der Waals surface area contributed by atoms with Crippen molar-refractivity contribution in [2.45, 2.75) is 64.2 Å². The fourth-order valence-electron chi connectivity index (χ4n) is 3.94. The van der Waals surface area contributed by atoms with Gasteiger partial charge in [-0.3, -0.25) is 0 Å². The summed E-state index contributed by atoms with van der Waals surface area (Å²) in [6, 6.07) is 0.592. The molecule has 0 spiro atoms. The van der Waals surface area contributed by atoms with Gasteiger partial charge in [-0.05, 0) is 55.6 Å². The van der Waals surface area contributed by atoms with Gasteiger partial charge in [-0.1, -0.05) is 0 Å². The molecule has 3 nitrogen and oxygen atoms in total. The first-order valence-electron chi connectivity index (χ1n) is 8.06. The summed E-state index contributed by atoms with van der Waals surface area (Å²) >= 11 is 3.76. The SMILES string of the molecule is CC1Cc2c(CC3CCCN3)c3c(c(Br)c2O1)CC(C)O3. The third-order valence-corrected chi connectivity index (χ3v) is 5.72. The summed E-state index contributed by atoms with van der Waals surface area (Å²) in [7, 11) is 0. The molecule has 3 atom stereocenters. The number of hydrogen-bond donors (Lipinski definition) is 1. The molecule has 3 heterocycles. The molecule has 0 amide bonds. The van der Waals surface area contributed by atoms with Crippen LogP contribution in [0, 0.1) is 0 Å². The zero-order valence-electron chi connectivity index (χ0n) is 12.7. The van der Waals surface area contributed by atoms with Crippen molar-refractivity contribution >= 4 is 15.9 Å². The lowest BCUT2D eigenvalue weighted by Gasteiger charge is -2.18. The number of benzene rings is 1. The molecule has 21 heavy (non-hydrogen) atoms. The Hall–Kier alpha value is -0.740. The Morgan fingerprint density at radius 1 is 1.10 bits per heavy atom. The number of rotatable bonds is 2. The van der Waals surface area contributed by atoms with Crippen LogP contribution in [0.5, 0.6) is 11.5 Å². The first-order chi connectivity index (χ1) is 10.1. The van der Waals surface area contributed by atoms with Gasteiger partial charge in [0.1, 0.15) is 23.7 Å². The molecule has 114 valence electrons. The first-order valence-corrected chi connectivity index (χ1v) is 8.85. The maximum Gasteiger partial charge on any atom is 0.138 e. The van der Waals surface area contributed by atoms with Gasteiger partial charge >= 0.3 is 0 Å². The summed E-state index contributed by atoms with van der Waals surface area (Å²) in [5, 5.41) is 3.62. The Morgan fingerprint density at radius 3 is 2.52 bits per heavy atom. The van der Waals surface area contributed by atoms with Crippen LogP contribution in [-0.4, -0.2) is 24.8 Å². The molecule has 3 aliphatic rings. The molecule has 1 N–H and O–H groups in total. The fraction of sp³-hybridized carbons (Fsp3) is 0.647. The third-order valence-electron chi connectivity index (χ3n) is 4.88. The van der Waals surface area contributed by atoms with Gasteiger partial charge in [-0.2, -0.15) is 0 Å². The zero-order valence-corrected chi connectivity index (χ0v) is 14.3. The maximum absolute atomic E-state index is 6.18. The van der Waals surface area contributed by atoms with E-state index in [2.05, 4.69) is 35.1 Å². The molecule has 1 aromatic rings. The number of nitrogens with one attached hydrogen (secondary N) is 1. The van der Waals surface area contributed by atoms with Crippen molar-refractivity contribution in [3.8, 4) is 11.5 Å². The summed E-state index contributed by atoms with van der Waals surface area (Å²) in [5.74, 6) is 2.21. The van der Waals surface area contributed by atoms with Crippen LogP contribution < -0.4 is 14.8 Å². The van der Waals surface area contributed by atoms with Crippen LogP contribution in [0.2, 0.25) is 0 Å². The summed E-state index contributed by atoms with van der Waals surface area (Å²) in [4.78, 5) is 0. The monoisotopic (exact) mass is 351 g/mol. The molecule has 4 heteroatoms. The Kier molecular flexibility index (Phi) is 3.42. The van der Waals surface area contributed by atoms with Gasteiger partial charge < -0.3 is 14.8 Å². The van der Waals surface area contributed by atoms with Gasteiger partial charge in [0.05, 0.1) is 4.47 Å². The minimum Gasteiger partial charge on any atom is -0.490 e. The zero-order chi connectivity index (χ0) is 14.6. The minimum absolute atomic E-state index is 0.270. The van der Waals surface area contributed by atoms with Crippen LogP contribution in [0.1, 0.15) is 43.4 Å². The number of fused-ring (bicyclic) bond motifs is 2. The van der Waals surface area contributed by atoms with Crippen molar-refractivity contribution in [2.24, 2.45) is 0 Å². The minimum atomic E-state index is 0.270. The maximum atomic E-state index is 6.18.